The molecule has 7 heteroatoms. The topological polar surface area (TPSA) is 56.2 Å². The van der Waals surface area contributed by atoms with Gasteiger partial charge in [-0.25, -0.2) is 0 Å². The van der Waals surface area contributed by atoms with Gasteiger partial charge < -0.3 is 10.1 Å². The third kappa shape index (κ3) is 5.43. The molecule has 0 spiro atoms. The van der Waals surface area contributed by atoms with Gasteiger partial charge in [-0.05, 0) is 32.1 Å². The molecular formula is C16H25N3O2S2. The third-order valence-corrected chi connectivity index (χ3v) is 7.36. The number of rotatable bonds is 7. The Hall–Kier alpha value is -0.660. The molecule has 0 radical (unpaired) electrons. The molecule has 0 saturated carbocycles. The molecular weight excluding hydrogens is 330 g/mol. The minimum atomic E-state index is 0.102. The monoisotopic (exact) mass is 355 g/mol. The van der Waals surface area contributed by atoms with Crippen molar-refractivity contribution in [3.8, 4) is 0 Å². The van der Waals surface area contributed by atoms with E-state index >= 15 is 0 Å². The Balaban J connectivity index is 1.35. The number of amides is 1. The van der Waals surface area contributed by atoms with Crippen molar-refractivity contribution >= 4 is 33.2 Å². The Kier molecular flexibility index (Phi) is 6.71. The van der Waals surface area contributed by atoms with Crippen LogP contribution in [0.2, 0.25) is 0 Å². The maximum absolute atomic E-state index is 12.0. The van der Waals surface area contributed by atoms with E-state index < -0.39 is 0 Å². The highest BCUT2D eigenvalue weighted by Crippen LogP contribution is 2.39. The molecule has 23 heavy (non-hydrogen) atoms. The van der Waals surface area contributed by atoms with Crippen molar-refractivity contribution in [3.05, 3.63) is 12.4 Å². The average molecular weight is 356 g/mol. The molecule has 1 aromatic rings. The second-order valence-electron chi connectivity index (χ2n) is 6.18. The van der Waals surface area contributed by atoms with Gasteiger partial charge in [0.25, 0.3) is 0 Å². The summed E-state index contributed by atoms with van der Waals surface area (Å²) < 4.78 is 7.34. The first-order valence-electron chi connectivity index (χ1n) is 8.51. The van der Waals surface area contributed by atoms with Crippen LogP contribution in [0.1, 0.15) is 51.0 Å². The molecule has 2 aliphatic heterocycles. The predicted octanol–water partition coefficient (Wildman–Crippen LogP) is 3.89. The Bertz CT molecular complexity index is 497. The van der Waals surface area contributed by atoms with Crippen LogP contribution in [0.3, 0.4) is 0 Å². The van der Waals surface area contributed by atoms with Crippen molar-refractivity contribution in [1.29, 1.82) is 0 Å². The molecule has 3 heterocycles. The van der Waals surface area contributed by atoms with Crippen molar-refractivity contribution < 1.29 is 9.53 Å². The number of unbranched alkanes of at least 4 members (excludes halogenated alkanes) is 1. The van der Waals surface area contributed by atoms with Gasteiger partial charge in [-0.2, -0.15) is 5.10 Å². The fraction of sp³-hybridized carbons (Fsp3) is 0.750. The molecule has 1 N–H and O–H groups in total. The summed E-state index contributed by atoms with van der Waals surface area (Å²) in [4.78, 5) is 12.0. The van der Waals surface area contributed by atoms with E-state index in [9.17, 15) is 4.79 Å². The molecule has 2 saturated heterocycles. The first kappa shape index (κ1) is 17.2. The number of carbonyl (C=O) groups excluding carboxylic acids is 1. The van der Waals surface area contributed by atoms with Crippen molar-refractivity contribution in [3.63, 3.8) is 0 Å². The van der Waals surface area contributed by atoms with Crippen LogP contribution in [-0.2, 0) is 9.53 Å². The van der Waals surface area contributed by atoms with Gasteiger partial charge in [-0.3, -0.25) is 9.48 Å². The van der Waals surface area contributed by atoms with Crippen molar-refractivity contribution in [2.24, 2.45) is 0 Å². The third-order valence-electron chi connectivity index (χ3n) is 4.36. The molecule has 0 bridgehead atoms. The smallest absolute Gasteiger partial charge is 0.224 e. The Labute approximate surface area is 145 Å². The standard InChI is InChI=1S/C16H25N3O2S2/c20-16(4-2-1-3-15-7-10-22-23-15)18-13-11-17-19(12-13)14-5-8-21-9-6-14/h11-12,14-15H,1-10H2,(H,18,20). The van der Waals surface area contributed by atoms with Gasteiger partial charge in [0.1, 0.15) is 0 Å². The maximum Gasteiger partial charge on any atom is 0.224 e. The van der Waals surface area contributed by atoms with Crippen molar-refractivity contribution in [1.82, 2.24) is 9.78 Å². The highest BCUT2D eigenvalue weighted by atomic mass is 33.1. The lowest BCUT2D eigenvalue weighted by Crippen LogP contribution is -2.19. The Morgan fingerprint density at radius 2 is 2.22 bits per heavy atom. The van der Waals surface area contributed by atoms with Gasteiger partial charge in [0.2, 0.25) is 5.91 Å². The summed E-state index contributed by atoms with van der Waals surface area (Å²) in [6.45, 7) is 1.59. The number of nitrogens with one attached hydrogen (secondary N) is 1. The molecule has 1 unspecified atom stereocenters. The van der Waals surface area contributed by atoms with Crippen LogP contribution in [0.15, 0.2) is 12.4 Å². The molecule has 0 aliphatic carbocycles. The van der Waals surface area contributed by atoms with E-state index in [-0.39, 0.29) is 5.91 Å². The molecule has 1 aromatic heterocycles. The van der Waals surface area contributed by atoms with E-state index in [4.69, 9.17) is 4.74 Å². The number of carbonyl (C=O) groups is 1. The summed E-state index contributed by atoms with van der Waals surface area (Å²) >= 11 is 0. The molecule has 3 rings (SSSR count). The zero-order valence-corrected chi connectivity index (χ0v) is 15.0. The van der Waals surface area contributed by atoms with Crippen LogP contribution in [0.4, 0.5) is 5.69 Å². The average Bonchev–Trinajstić information content (AvgIpc) is 3.24. The van der Waals surface area contributed by atoms with E-state index in [1.807, 2.05) is 32.5 Å². The minimum Gasteiger partial charge on any atom is -0.381 e. The second kappa shape index (κ2) is 8.99. The van der Waals surface area contributed by atoms with E-state index in [2.05, 4.69) is 10.4 Å². The van der Waals surface area contributed by atoms with Gasteiger partial charge in [0, 0.05) is 36.8 Å². The van der Waals surface area contributed by atoms with Crippen LogP contribution in [0, 0.1) is 0 Å². The van der Waals surface area contributed by atoms with Crippen molar-refractivity contribution in [2.45, 2.75) is 56.2 Å². The molecule has 128 valence electrons. The van der Waals surface area contributed by atoms with Gasteiger partial charge in [0.15, 0.2) is 0 Å². The lowest BCUT2D eigenvalue weighted by Gasteiger charge is -2.22. The fourth-order valence-electron chi connectivity index (χ4n) is 3.00. The zero-order chi connectivity index (χ0) is 15.9. The molecule has 1 amide bonds. The molecule has 2 aliphatic rings. The summed E-state index contributed by atoms with van der Waals surface area (Å²) in [5, 5.41) is 8.16. The fourth-order valence-corrected chi connectivity index (χ4v) is 6.03. The molecule has 0 aromatic carbocycles. The summed E-state index contributed by atoms with van der Waals surface area (Å²) in [5.74, 6) is 1.39. The van der Waals surface area contributed by atoms with Crippen LogP contribution in [0.25, 0.3) is 0 Å². The van der Waals surface area contributed by atoms with Crippen LogP contribution in [0.5, 0.6) is 0 Å². The summed E-state index contributed by atoms with van der Waals surface area (Å²) in [6, 6.07) is 0.399. The SMILES string of the molecule is O=C(CCCCC1CCSS1)Nc1cnn(C2CCOCC2)c1. The first-order valence-corrected chi connectivity index (χ1v) is 10.9. The van der Waals surface area contributed by atoms with Gasteiger partial charge >= 0.3 is 0 Å². The molecule has 5 nitrogen and oxygen atoms in total. The number of hydrogen-bond donors (Lipinski definition) is 1. The van der Waals surface area contributed by atoms with E-state index in [1.54, 1.807) is 6.20 Å². The number of aromatic nitrogens is 2. The lowest BCUT2D eigenvalue weighted by molar-refractivity contribution is -0.116. The van der Waals surface area contributed by atoms with E-state index in [0.29, 0.717) is 12.5 Å². The Morgan fingerprint density at radius 1 is 1.35 bits per heavy atom. The number of anilines is 1. The highest BCUT2D eigenvalue weighted by molar-refractivity contribution is 8.77. The summed E-state index contributed by atoms with van der Waals surface area (Å²) in [7, 11) is 4.00. The van der Waals surface area contributed by atoms with Gasteiger partial charge in [-0.15, -0.1) is 0 Å². The minimum absolute atomic E-state index is 0.102. The Morgan fingerprint density at radius 3 is 3.00 bits per heavy atom. The number of nitrogens with zero attached hydrogens (tertiary/aromatic N) is 2. The first-order chi connectivity index (χ1) is 11.3. The predicted molar refractivity (Wildman–Crippen MR) is 96.9 cm³/mol. The number of ether oxygens (including phenoxy) is 1. The normalized spacial score (nSPS) is 22.3. The largest absolute Gasteiger partial charge is 0.381 e. The van der Waals surface area contributed by atoms with Crippen LogP contribution < -0.4 is 5.32 Å². The highest BCUT2D eigenvalue weighted by Gasteiger charge is 2.17. The number of hydrogen-bond acceptors (Lipinski definition) is 5. The quantitative estimate of drug-likeness (QED) is 0.594. The van der Waals surface area contributed by atoms with Crippen molar-refractivity contribution in [2.75, 3.05) is 24.3 Å². The van der Waals surface area contributed by atoms with Gasteiger partial charge in [-0.1, -0.05) is 28.0 Å². The second-order valence-corrected chi connectivity index (χ2v) is 8.96. The summed E-state index contributed by atoms with van der Waals surface area (Å²) in [5.41, 5.74) is 0.809. The van der Waals surface area contributed by atoms with E-state index in [1.165, 1.54) is 18.6 Å². The molecule has 2 fully saturated rings. The van der Waals surface area contributed by atoms with E-state index in [0.717, 1.165) is 49.8 Å². The van der Waals surface area contributed by atoms with Gasteiger partial charge in [0.05, 0.1) is 17.9 Å². The summed E-state index contributed by atoms with van der Waals surface area (Å²) in [6.07, 6.45) is 11.0. The lowest BCUT2D eigenvalue weighted by atomic mass is 10.1. The molecule has 1 atom stereocenters. The van der Waals surface area contributed by atoms with Crippen LogP contribution >= 0.6 is 21.6 Å². The maximum atomic E-state index is 12.0. The zero-order valence-electron chi connectivity index (χ0n) is 13.4. The van der Waals surface area contributed by atoms with Crippen LogP contribution in [-0.4, -0.2) is 39.9 Å².